The first kappa shape index (κ1) is 20.3. The molecule has 148 valence electrons. The molecule has 3 rings (SSSR count). The molecule has 1 N–H and O–H groups in total. The van der Waals surface area contributed by atoms with Gasteiger partial charge in [0, 0.05) is 30.7 Å². The molecular weight excluding hydrogens is 358 g/mol. The summed E-state index contributed by atoms with van der Waals surface area (Å²) < 4.78 is 2.22. The van der Waals surface area contributed by atoms with Crippen molar-refractivity contribution in [2.24, 2.45) is 0 Å². The number of carbonyl (C=O) groups is 1. The van der Waals surface area contributed by atoms with E-state index in [0.29, 0.717) is 25.1 Å². The fraction of sp³-hybridized carbons (Fsp3) is 0.200. The van der Waals surface area contributed by atoms with Gasteiger partial charge in [0.25, 0.3) is 0 Å². The van der Waals surface area contributed by atoms with E-state index in [1.165, 1.54) is 11.1 Å². The van der Waals surface area contributed by atoms with Crippen molar-refractivity contribution in [3.63, 3.8) is 0 Å². The van der Waals surface area contributed by atoms with E-state index in [1.54, 1.807) is 6.92 Å². The van der Waals surface area contributed by atoms with E-state index in [0.717, 1.165) is 23.6 Å². The van der Waals surface area contributed by atoms with Crippen LogP contribution in [-0.4, -0.2) is 15.5 Å². The van der Waals surface area contributed by atoms with Gasteiger partial charge in [0.15, 0.2) is 0 Å². The summed E-state index contributed by atoms with van der Waals surface area (Å²) in [6.45, 7) is 10.4. The third kappa shape index (κ3) is 5.32. The normalized spacial score (nSPS) is 10.5. The van der Waals surface area contributed by atoms with Crippen LogP contribution in [0.2, 0.25) is 0 Å². The van der Waals surface area contributed by atoms with Crippen LogP contribution in [-0.2, 0) is 30.7 Å². The van der Waals surface area contributed by atoms with E-state index >= 15 is 0 Å². The maximum Gasteiger partial charge on any atom is 0.246 e. The van der Waals surface area contributed by atoms with E-state index < -0.39 is 0 Å². The molecule has 2 aromatic carbocycles. The molecule has 0 aliphatic rings. The Morgan fingerprint density at radius 1 is 1.07 bits per heavy atom. The van der Waals surface area contributed by atoms with Gasteiger partial charge < -0.3 is 9.88 Å². The van der Waals surface area contributed by atoms with Crippen molar-refractivity contribution in [2.75, 3.05) is 0 Å². The molecule has 0 saturated heterocycles. The van der Waals surface area contributed by atoms with Crippen LogP contribution in [0, 0.1) is 0 Å². The summed E-state index contributed by atoms with van der Waals surface area (Å²) in [6.07, 6.45) is 3.34. The lowest BCUT2D eigenvalue weighted by molar-refractivity contribution is -0.117. The van der Waals surface area contributed by atoms with Crippen LogP contribution in [0.25, 0.3) is 0 Å². The Kier molecular flexibility index (Phi) is 6.80. The standard InChI is InChI=1S/C25H27N3O/c1-4-11-22-23(16-20-12-7-5-8-13-20)28(18-21-14-9-6-10-15-21)24(27-22)17-26-25(29)19(2)3/h4-10,12-15H,1-2,11,16-18H2,3H3,(H,26,29). The number of rotatable bonds is 9. The minimum absolute atomic E-state index is 0.158. The molecule has 3 aromatic rings. The lowest BCUT2D eigenvalue weighted by atomic mass is 10.1. The Labute approximate surface area is 172 Å². The molecule has 0 radical (unpaired) electrons. The Balaban J connectivity index is 2.00. The number of amides is 1. The number of allylic oxidation sites excluding steroid dienone is 1. The lowest BCUT2D eigenvalue weighted by Gasteiger charge is -2.14. The molecule has 4 nitrogen and oxygen atoms in total. The predicted octanol–water partition coefficient (Wildman–Crippen LogP) is 4.44. The van der Waals surface area contributed by atoms with Crippen LogP contribution in [0.15, 0.2) is 85.5 Å². The Morgan fingerprint density at radius 2 is 1.69 bits per heavy atom. The highest BCUT2D eigenvalue weighted by atomic mass is 16.1. The van der Waals surface area contributed by atoms with Crippen LogP contribution in [0.1, 0.15) is 35.3 Å². The molecule has 0 saturated carbocycles. The van der Waals surface area contributed by atoms with Crippen molar-refractivity contribution in [1.82, 2.24) is 14.9 Å². The van der Waals surface area contributed by atoms with E-state index in [4.69, 9.17) is 4.98 Å². The molecular formula is C25H27N3O. The van der Waals surface area contributed by atoms with Crippen molar-refractivity contribution in [2.45, 2.75) is 32.9 Å². The number of carbonyl (C=O) groups excluding carboxylic acids is 1. The molecule has 0 aliphatic carbocycles. The minimum Gasteiger partial charge on any atom is -0.345 e. The fourth-order valence-corrected chi connectivity index (χ4v) is 3.28. The SMILES string of the molecule is C=CCc1nc(CNC(=O)C(=C)C)n(Cc2ccccc2)c1Cc1ccccc1. The van der Waals surface area contributed by atoms with Gasteiger partial charge in [0.2, 0.25) is 5.91 Å². The maximum atomic E-state index is 12.0. The highest BCUT2D eigenvalue weighted by Gasteiger charge is 2.18. The first-order chi connectivity index (χ1) is 14.1. The van der Waals surface area contributed by atoms with Crippen LogP contribution in [0.5, 0.6) is 0 Å². The number of aromatic nitrogens is 2. The average molecular weight is 386 g/mol. The number of hydrogen-bond donors (Lipinski definition) is 1. The summed E-state index contributed by atoms with van der Waals surface area (Å²) in [4.78, 5) is 16.9. The second-order valence-corrected chi connectivity index (χ2v) is 7.11. The lowest BCUT2D eigenvalue weighted by Crippen LogP contribution is -2.25. The second kappa shape index (κ2) is 9.69. The number of hydrogen-bond acceptors (Lipinski definition) is 2. The molecule has 0 fully saturated rings. The fourth-order valence-electron chi connectivity index (χ4n) is 3.28. The number of nitrogens with one attached hydrogen (secondary N) is 1. The number of imidazole rings is 1. The van der Waals surface area contributed by atoms with Crippen LogP contribution >= 0.6 is 0 Å². The van der Waals surface area contributed by atoms with Gasteiger partial charge in [-0.05, 0) is 18.1 Å². The molecule has 1 amide bonds. The zero-order valence-electron chi connectivity index (χ0n) is 16.9. The molecule has 0 atom stereocenters. The first-order valence-corrected chi connectivity index (χ1v) is 9.78. The summed E-state index contributed by atoms with van der Waals surface area (Å²) in [5.74, 6) is 0.681. The highest BCUT2D eigenvalue weighted by Crippen LogP contribution is 2.20. The molecule has 1 heterocycles. The Bertz CT molecular complexity index is 988. The van der Waals surface area contributed by atoms with Crippen molar-refractivity contribution in [3.8, 4) is 0 Å². The monoisotopic (exact) mass is 385 g/mol. The number of benzene rings is 2. The van der Waals surface area contributed by atoms with Gasteiger partial charge in [0.05, 0.1) is 12.2 Å². The van der Waals surface area contributed by atoms with Crippen molar-refractivity contribution in [3.05, 3.63) is 114 Å². The summed E-state index contributed by atoms with van der Waals surface area (Å²) in [7, 11) is 0. The van der Waals surface area contributed by atoms with E-state index in [2.05, 4.69) is 59.4 Å². The summed E-state index contributed by atoms with van der Waals surface area (Å²) in [5.41, 5.74) is 5.06. The quantitative estimate of drug-likeness (QED) is 0.437. The molecule has 4 heteroatoms. The highest BCUT2D eigenvalue weighted by molar-refractivity contribution is 5.91. The zero-order chi connectivity index (χ0) is 20.6. The van der Waals surface area contributed by atoms with Gasteiger partial charge in [-0.25, -0.2) is 4.98 Å². The average Bonchev–Trinajstić information content (AvgIpc) is 3.04. The van der Waals surface area contributed by atoms with Crippen molar-refractivity contribution in [1.29, 1.82) is 0 Å². The summed E-state index contributed by atoms with van der Waals surface area (Å²) >= 11 is 0. The molecule has 0 unspecified atom stereocenters. The van der Waals surface area contributed by atoms with Gasteiger partial charge in [-0.2, -0.15) is 0 Å². The number of nitrogens with zero attached hydrogens (tertiary/aromatic N) is 2. The molecule has 0 bridgehead atoms. The summed E-state index contributed by atoms with van der Waals surface area (Å²) in [5, 5.41) is 2.92. The first-order valence-electron chi connectivity index (χ1n) is 9.78. The Morgan fingerprint density at radius 3 is 2.28 bits per heavy atom. The second-order valence-electron chi connectivity index (χ2n) is 7.11. The van der Waals surface area contributed by atoms with E-state index in [1.807, 2.05) is 30.3 Å². The van der Waals surface area contributed by atoms with Crippen molar-refractivity contribution >= 4 is 5.91 Å². The largest absolute Gasteiger partial charge is 0.345 e. The summed E-state index contributed by atoms with van der Waals surface area (Å²) in [6, 6.07) is 20.7. The minimum atomic E-state index is -0.158. The van der Waals surface area contributed by atoms with E-state index in [-0.39, 0.29) is 5.91 Å². The molecule has 0 spiro atoms. The van der Waals surface area contributed by atoms with Gasteiger partial charge in [-0.1, -0.05) is 73.3 Å². The van der Waals surface area contributed by atoms with Crippen LogP contribution in [0.3, 0.4) is 0 Å². The molecule has 0 aliphatic heterocycles. The van der Waals surface area contributed by atoms with E-state index in [9.17, 15) is 4.79 Å². The van der Waals surface area contributed by atoms with Crippen LogP contribution in [0.4, 0.5) is 0 Å². The predicted molar refractivity (Wildman–Crippen MR) is 118 cm³/mol. The van der Waals surface area contributed by atoms with Gasteiger partial charge in [-0.3, -0.25) is 4.79 Å². The Hall–Kier alpha value is -3.40. The topological polar surface area (TPSA) is 46.9 Å². The molecule has 29 heavy (non-hydrogen) atoms. The van der Waals surface area contributed by atoms with Crippen LogP contribution < -0.4 is 5.32 Å². The third-order valence-corrected chi connectivity index (χ3v) is 4.76. The third-order valence-electron chi connectivity index (χ3n) is 4.76. The van der Waals surface area contributed by atoms with Gasteiger partial charge >= 0.3 is 0 Å². The smallest absolute Gasteiger partial charge is 0.246 e. The van der Waals surface area contributed by atoms with Crippen molar-refractivity contribution < 1.29 is 4.79 Å². The zero-order valence-corrected chi connectivity index (χ0v) is 16.9. The maximum absolute atomic E-state index is 12.0. The van der Waals surface area contributed by atoms with Gasteiger partial charge in [-0.15, -0.1) is 6.58 Å². The molecule has 1 aromatic heterocycles. The van der Waals surface area contributed by atoms with Gasteiger partial charge in [0.1, 0.15) is 5.82 Å².